The van der Waals surface area contributed by atoms with Gasteiger partial charge in [-0.15, -0.1) is 0 Å². The molecule has 0 bridgehead atoms. The SMILES string of the molecule is CCOCCCCNC(=NC)NCCCCN1CCCC1. The van der Waals surface area contributed by atoms with Crippen molar-refractivity contribution < 1.29 is 4.74 Å². The average Bonchev–Trinajstić information content (AvgIpc) is 3.01. The second kappa shape index (κ2) is 12.9. The average molecular weight is 298 g/mol. The lowest BCUT2D eigenvalue weighted by Crippen LogP contribution is -2.38. The van der Waals surface area contributed by atoms with Crippen molar-refractivity contribution >= 4 is 5.96 Å². The third-order valence-electron chi connectivity index (χ3n) is 3.83. The fourth-order valence-corrected chi connectivity index (χ4v) is 2.57. The molecular formula is C16H34N4O. The first-order valence-corrected chi connectivity index (χ1v) is 8.61. The molecule has 0 aliphatic carbocycles. The number of likely N-dealkylation sites (tertiary alicyclic amines) is 1. The molecule has 1 aliphatic heterocycles. The topological polar surface area (TPSA) is 48.9 Å². The van der Waals surface area contributed by atoms with Crippen LogP contribution in [0, 0.1) is 0 Å². The van der Waals surface area contributed by atoms with Gasteiger partial charge in [0.2, 0.25) is 0 Å². The second-order valence-electron chi connectivity index (χ2n) is 5.59. The number of hydrogen-bond donors (Lipinski definition) is 2. The van der Waals surface area contributed by atoms with Gasteiger partial charge < -0.3 is 20.3 Å². The van der Waals surface area contributed by atoms with E-state index in [1.54, 1.807) is 0 Å². The molecule has 0 saturated carbocycles. The first-order valence-electron chi connectivity index (χ1n) is 8.61. The highest BCUT2D eigenvalue weighted by Gasteiger charge is 2.09. The van der Waals surface area contributed by atoms with E-state index in [-0.39, 0.29) is 0 Å². The summed E-state index contributed by atoms with van der Waals surface area (Å²) >= 11 is 0. The molecule has 5 nitrogen and oxygen atoms in total. The van der Waals surface area contributed by atoms with Crippen LogP contribution in [0.15, 0.2) is 4.99 Å². The molecule has 0 spiro atoms. The lowest BCUT2D eigenvalue weighted by molar-refractivity contribution is 0.143. The van der Waals surface area contributed by atoms with Crippen molar-refractivity contribution in [2.75, 3.05) is 53.0 Å². The Morgan fingerprint density at radius 3 is 2.33 bits per heavy atom. The molecule has 1 aliphatic rings. The zero-order valence-electron chi connectivity index (χ0n) is 14.0. The van der Waals surface area contributed by atoms with Crippen LogP contribution in [0.1, 0.15) is 45.4 Å². The Hall–Kier alpha value is -0.810. The number of guanidine groups is 1. The van der Waals surface area contributed by atoms with Gasteiger partial charge in [0.25, 0.3) is 0 Å². The van der Waals surface area contributed by atoms with E-state index in [9.17, 15) is 0 Å². The Kier molecular flexibility index (Phi) is 11.2. The van der Waals surface area contributed by atoms with Gasteiger partial charge in [0, 0.05) is 33.4 Å². The van der Waals surface area contributed by atoms with E-state index in [1.807, 2.05) is 14.0 Å². The van der Waals surface area contributed by atoms with E-state index in [4.69, 9.17) is 4.74 Å². The molecule has 21 heavy (non-hydrogen) atoms. The normalized spacial score (nSPS) is 16.4. The van der Waals surface area contributed by atoms with Crippen LogP contribution >= 0.6 is 0 Å². The van der Waals surface area contributed by atoms with Crippen molar-refractivity contribution in [2.24, 2.45) is 4.99 Å². The predicted octanol–water partition coefficient (Wildman–Crippen LogP) is 1.84. The van der Waals surface area contributed by atoms with Gasteiger partial charge in [-0.1, -0.05) is 0 Å². The summed E-state index contributed by atoms with van der Waals surface area (Å²) in [5.74, 6) is 0.924. The molecule has 5 heteroatoms. The number of nitrogens with zero attached hydrogens (tertiary/aromatic N) is 2. The van der Waals surface area contributed by atoms with Crippen LogP contribution in [0.4, 0.5) is 0 Å². The van der Waals surface area contributed by atoms with Gasteiger partial charge in [-0.2, -0.15) is 0 Å². The monoisotopic (exact) mass is 298 g/mol. The van der Waals surface area contributed by atoms with Gasteiger partial charge in [-0.25, -0.2) is 0 Å². The molecule has 1 saturated heterocycles. The minimum atomic E-state index is 0.814. The zero-order valence-corrected chi connectivity index (χ0v) is 14.0. The molecule has 0 aromatic heterocycles. The van der Waals surface area contributed by atoms with Gasteiger partial charge in [0.15, 0.2) is 5.96 Å². The maximum absolute atomic E-state index is 5.32. The van der Waals surface area contributed by atoms with Crippen molar-refractivity contribution in [1.82, 2.24) is 15.5 Å². The number of ether oxygens (including phenoxy) is 1. The molecule has 1 rings (SSSR count). The van der Waals surface area contributed by atoms with Gasteiger partial charge >= 0.3 is 0 Å². The van der Waals surface area contributed by atoms with Crippen LogP contribution in [-0.2, 0) is 4.74 Å². The molecule has 0 atom stereocenters. The highest BCUT2D eigenvalue weighted by molar-refractivity contribution is 5.79. The number of hydrogen-bond acceptors (Lipinski definition) is 3. The summed E-state index contributed by atoms with van der Waals surface area (Å²) in [5.41, 5.74) is 0. The van der Waals surface area contributed by atoms with E-state index in [1.165, 1.54) is 45.3 Å². The highest BCUT2D eigenvalue weighted by Crippen LogP contribution is 2.07. The van der Waals surface area contributed by atoms with E-state index in [0.717, 1.165) is 45.1 Å². The largest absolute Gasteiger partial charge is 0.382 e. The predicted molar refractivity (Wildman–Crippen MR) is 90.0 cm³/mol. The molecule has 124 valence electrons. The van der Waals surface area contributed by atoms with E-state index < -0.39 is 0 Å². The summed E-state index contributed by atoms with van der Waals surface area (Å²) in [5, 5.41) is 6.74. The Morgan fingerprint density at radius 1 is 1.05 bits per heavy atom. The number of rotatable bonds is 11. The Labute approximate surface area is 130 Å². The van der Waals surface area contributed by atoms with Crippen LogP contribution in [0.3, 0.4) is 0 Å². The lowest BCUT2D eigenvalue weighted by atomic mass is 10.3. The Morgan fingerprint density at radius 2 is 1.71 bits per heavy atom. The smallest absolute Gasteiger partial charge is 0.190 e. The van der Waals surface area contributed by atoms with Crippen LogP contribution in [0.5, 0.6) is 0 Å². The molecule has 0 aromatic carbocycles. The first-order chi connectivity index (χ1) is 10.4. The van der Waals surface area contributed by atoms with Crippen molar-refractivity contribution in [1.29, 1.82) is 0 Å². The third-order valence-corrected chi connectivity index (χ3v) is 3.83. The molecule has 0 unspecified atom stereocenters. The standard InChI is InChI=1S/C16H34N4O/c1-3-21-15-9-5-11-19-16(17-2)18-10-4-6-12-20-13-7-8-14-20/h3-15H2,1-2H3,(H2,17,18,19). The summed E-state index contributed by atoms with van der Waals surface area (Å²) in [6, 6.07) is 0. The van der Waals surface area contributed by atoms with Gasteiger partial charge in [-0.05, 0) is 65.1 Å². The lowest BCUT2D eigenvalue weighted by Gasteiger charge is -2.15. The minimum Gasteiger partial charge on any atom is -0.382 e. The summed E-state index contributed by atoms with van der Waals surface area (Å²) in [4.78, 5) is 6.82. The van der Waals surface area contributed by atoms with Crippen LogP contribution in [0.25, 0.3) is 0 Å². The molecular weight excluding hydrogens is 264 g/mol. The first kappa shape index (κ1) is 18.2. The fraction of sp³-hybridized carbons (Fsp3) is 0.938. The molecule has 0 radical (unpaired) electrons. The Balaban J connectivity index is 1.90. The van der Waals surface area contributed by atoms with Crippen LogP contribution in [0.2, 0.25) is 0 Å². The zero-order chi connectivity index (χ0) is 15.2. The van der Waals surface area contributed by atoms with Crippen LogP contribution in [-0.4, -0.2) is 63.8 Å². The van der Waals surface area contributed by atoms with E-state index >= 15 is 0 Å². The molecule has 1 fully saturated rings. The van der Waals surface area contributed by atoms with Crippen LogP contribution < -0.4 is 10.6 Å². The number of nitrogens with one attached hydrogen (secondary N) is 2. The molecule has 0 aromatic rings. The molecule has 1 heterocycles. The summed E-state index contributed by atoms with van der Waals surface area (Å²) < 4.78 is 5.32. The van der Waals surface area contributed by atoms with Crippen molar-refractivity contribution in [3.05, 3.63) is 0 Å². The summed E-state index contributed by atoms with van der Waals surface area (Å²) in [6.45, 7) is 9.54. The second-order valence-corrected chi connectivity index (χ2v) is 5.59. The maximum atomic E-state index is 5.32. The highest BCUT2D eigenvalue weighted by atomic mass is 16.5. The molecule has 2 N–H and O–H groups in total. The van der Waals surface area contributed by atoms with Crippen molar-refractivity contribution in [3.8, 4) is 0 Å². The fourth-order valence-electron chi connectivity index (χ4n) is 2.57. The van der Waals surface area contributed by atoms with E-state index in [2.05, 4.69) is 20.5 Å². The minimum absolute atomic E-state index is 0.814. The number of aliphatic imine (C=N–C) groups is 1. The van der Waals surface area contributed by atoms with E-state index in [0.29, 0.717) is 0 Å². The number of unbranched alkanes of at least 4 members (excludes halogenated alkanes) is 2. The van der Waals surface area contributed by atoms with Crippen molar-refractivity contribution in [2.45, 2.75) is 45.4 Å². The van der Waals surface area contributed by atoms with Gasteiger partial charge in [0.1, 0.15) is 0 Å². The maximum Gasteiger partial charge on any atom is 0.190 e. The Bertz CT molecular complexity index is 265. The summed E-state index contributed by atoms with van der Waals surface area (Å²) in [7, 11) is 1.83. The quantitative estimate of drug-likeness (QED) is 0.347. The van der Waals surface area contributed by atoms with Crippen molar-refractivity contribution in [3.63, 3.8) is 0 Å². The third kappa shape index (κ3) is 9.69. The van der Waals surface area contributed by atoms with Gasteiger partial charge in [0.05, 0.1) is 0 Å². The van der Waals surface area contributed by atoms with Gasteiger partial charge in [-0.3, -0.25) is 4.99 Å². The molecule has 0 amide bonds. The summed E-state index contributed by atoms with van der Waals surface area (Å²) in [6.07, 6.45) is 7.49.